The fraction of sp³-hybridized carbons (Fsp3) is 0.222. The molecule has 0 aliphatic carbocycles. The van der Waals surface area contributed by atoms with Gasteiger partial charge in [0.2, 0.25) is 0 Å². The number of anilines is 1. The molecule has 0 unspecified atom stereocenters. The fourth-order valence-electron chi connectivity index (χ4n) is 2.41. The summed E-state index contributed by atoms with van der Waals surface area (Å²) >= 11 is 13.5. The maximum absolute atomic E-state index is 14.0. The number of benzene rings is 2. The second-order valence-electron chi connectivity index (χ2n) is 5.97. The molecule has 0 fully saturated rings. The summed E-state index contributed by atoms with van der Waals surface area (Å²) in [7, 11) is 3.82. The molecule has 8 heteroatoms. The first-order valence-electron chi connectivity index (χ1n) is 7.83. The monoisotopic (exact) mass is 411 g/mol. The standard InChI is InChI=1S/C18H16Cl2FN3OS/c1-23(2)8-9-24(17(25)12-10-11(19)6-7-13(12)20)18-22-16-14(21)4-3-5-15(16)26-18/h3-7,10H,8-9H2,1-2H3. The summed E-state index contributed by atoms with van der Waals surface area (Å²) in [5, 5.41) is 1.15. The topological polar surface area (TPSA) is 36.4 Å². The quantitative estimate of drug-likeness (QED) is 0.595. The lowest BCUT2D eigenvalue weighted by atomic mass is 10.2. The van der Waals surface area contributed by atoms with E-state index in [1.807, 2.05) is 19.0 Å². The Morgan fingerprint density at radius 2 is 1.96 bits per heavy atom. The van der Waals surface area contributed by atoms with Crippen molar-refractivity contribution in [1.29, 1.82) is 0 Å². The van der Waals surface area contributed by atoms with Gasteiger partial charge >= 0.3 is 0 Å². The second-order valence-corrected chi connectivity index (χ2v) is 7.82. The molecule has 1 aromatic heterocycles. The van der Waals surface area contributed by atoms with E-state index in [0.29, 0.717) is 33.0 Å². The summed E-state index contributed by atoms with van der Waals surface area (Å²) in [6.45, 7) is 0.998. The molecule has 3 aromatic rings. The average molecular weight is 412 g/mol. The van der Waals surface area contributed by atoms with Crippen LogP contribution in [0.5, 0.6) is 0 Å². The maximum atomic E-state index is 14.0. The van der Waals surface area contributed by atoms with Gasteiger partial charge in [0.05, 0.1) is 15.3 Å². The Bertz CT molecular complexity index is 961. The van der Waals surface area contributed by atoms with Crippen molar-refractivity contribution in [3.8, 4) is 0 Å². The van der Waals surface area contributed by atoms with Gasteiger partial charge in [0, 0.05) is 18.1 Å². The molecule has 0 bridgehead atoms. The number of para-hydroxylation sites is 1. The highest BCUT2D eigenvalue weighted by molar-refractivity contribution is 7.22. The van der Waals surface area contributed by atoms with Crippen LogP contribution in [0.25, 0.3) is 10.2 Å². The summed E-state index contributed by atoms with van der Waals surface area (Å²) < 4.78 is 14.7. The minimum absolute atomic E-state index is 0.257. The highest BCUT2D eigenvalue weighted by Gasteiger charge is 2.24. The van der Waals surface area contributed by atoms with Crippen LogP contribution in [0.3, 0.4) is 0 Å². The minimum atomic E-state index is -0.411. The van der Waals surface area contributed by atoms with Crippen LogP contribution in [-0.2, 0) is 0 Å². The predicted octanol–water partition coefficient (Wildman–Crippen LogP) is 4.95. The molecule has 2 aromatic carbocycles. The Morgan fingerprint density at radius 3 is 2.65 bits per heavy atom. The van der Waals surface area contributed by atoms with Gasteiger partial charge in [0.15, 0.2) is 5.13 Å². The van der Waals surface area contributed by atoms with Crippen molar-refractivity contribution >= 4 is 55.8 Å². The predicted molar refractivity (Wildman–Crippen MR) is 106 cm³/mol. The van der Waals surface area contributed by atoms with Gasteiger partial charge in [-0.1, -0.05) is 40.6 Å². The van der Waals surface area contributed by atoms with Crippen molar-refractivity contribution in [1.82, 2.24) is 9.88 Å². The van der Waals surface area contributed by atoms with Gasteiger partial charge in [-0.25, -0.2) is 9.37 Å². The van der Waals surface area contributed by atoms with Crippen molar-refractivity contribution in [2.24, 2.45) is 0 Å². The third-order valence-corrected chi connectivity index (χ3v) is 5.37. The molecule has 136 valence electrons. The van der Waals surface area contributed by atoms with Gasteiger partial charge in [-0.2, -0.15) is 0 Å². The number of fused-ring (bicyclic) bond motifs is 1. The molecule has 3 rings (SSSR count). The summed E-state index contributed by atoms with van der Waals surface area (Å²) in [5.74, 6) is -0.732. The molecule has 0 spiro atoms. The number of carbonyl (C=O) groups excluding carboxylic acids is 1. The van der Waals surface area contributed by atoms with Gasteiger partial charge in [-0.3, -0.25) is 9.69 Å². The lowest BCUT2D eigenvalue weighted by molar-refractivity contribution is 0.0985. The van der Waals surface area contributed by atoms with Crippen LogP contribution < -0.4 is 4.90 Å². The van der Waals surface area contributed by atoms with Gasteiger partial charge in [-0.15, -0.1) is 0 Å². The van der Waals surface area contributed by atoms with E-state index in [1.54, 1.807) is 24.3 Å². The van der Waals surface area contributed by atoms with E-state index in [9.17, 15) is 9.18 Å². The SMILES string of the molecule is CN(C)CCN(C(=O)c1cc(Cl)ccc1Cl)c1nc2c(F)cccc2s1. The molecule has 1 amide bonds. The molecule has 26 heavy (non-hydrogen) atoms. The molecule has 0 saturated carbocycles. The van der Waals surface area contributed by atoms with E-state index < -0.39 is 5.82 Å². The second kappa shape index (κ2) is 7.88. The Hall–Kier alpha value is -1.73. The number of amides is 1. The van der Waals surface area contributed by atoms with Crippen molar-refractivity contribution in [3.63, 3.8) is 0 Å². The summed E-state index contributed by atoms with van der Waals surface area (Å²) in [5.41, 5.74) is 0.546. The number of carbonyl (C=O) groups is 1. The molecular weight excluding hydrogens is 396 g/mol. The highest BCUT2D eigenvalue weighted by Crippen LogP contribution is 2.32. The van der Waals surface area contributed by atoms with E-state index in [2.05, 4.69) is 4.98 Å². The number of hydrogen-bond acceptors (Lipinski definition) is 4. The minimum Gasteiger partial charge on any atom is -0.308 e. The molecule has 0 radical (unpaired) electrons. The number of likely N-dealkylation sites (N-methyl/N-ethyl adjacent to an activating group) is 1. The van der Waals surface area contributed by atoms with Gasteiger partial charge < -0.3 is 4.90 Å². The van der Waals surface area contributed by atoms with Crippen LogP contribution in [0.15, 0.2) is 36.4 Å². The number of thiazole rings is 1. The van der Waals surface area contributed by atoms with E-state index in [4.69, 9.17) is 23.2 Å². The van der Waals surface area contributed by atoms with Crippen molar-refractivity contribution in [2.45, 2.75) is 0 Å². The average Bonchev–Trinajstić information content (AvgIpc) is 3.02. The third-order valence-electron chi connectivity index (χ3n) is 3.76. The molecule has 0 atom stereocenters. The van der Waals surface area contributed by atoms with E-state index in [1.165, 1.54) is 28.4 Å². The summed E-state index contributed by atoms with van der Waals surface area (Å²) in [6, 6.07) is 9.49. The zero-order chi connectivity index (χ0) is 18.8. The van der Waals surface area contributed by atoms with Crippen LogP contribution in [0.2, 0.25) is 10.0 Å². The van der Waals surface area contributed by atoms with Gasteiger partial charge in [0.1, 0.15) is 11.3 Å². The highest BCUT2D eigenvalue weighted by atomic mass is 35.5. The molecule has 0 aliphatic rings. The fourth-order valence-corrected chi connectivity index (χ4v) is 3.78. The molecule has 0 saturated heterocycles. The number of rotatable bonds is 5. The first-order valence-corrected chi connectivity index (χ1v) is 9.41. The number of halogens is 3. The smallest absolute Gasteiger partial charge is 0.261 e. The lowest BCUT2D eigenvalue weighted by Gasteiger charge is -2.22. The van der Waals surface area contributed by atoms with Crippen molar-refractivity contribution < 1.29 is 9.18 Å². The number of nitrogens with zero attached hydrogens (tertiary/aromatic N) is 3. The molecular formula is C18H16Cl2FN3OS. The van der Waals surface area contributed by atoms with E-state index in [0.717, 1.165) is 0 Å². The van der Waals surface area contributed by atoms with Crippen LogP contribution in [0.4, 0.5) is 9.52 Å². The van der Waals surface area contributed by atoms with E-state index >= 15 is 0 Å². The third kappa shape index (κ3) is 3.99. The molecule has 1 heterocycles. The van der Waals surface area contributed by atoms with Gasteiger partial charge in [0.25, 0.3) is 5.91 Å². The Labute approximate surface area is 164 Å². The molecule has 4 nitrogen and oxygen atoms in total. The zero-order valence-electron chi connectivity index (χ0n) is 14.2. The normalized spacial score (nSPS) is 11.3. The summed E-state index contributed by atoms with van der Waals surface area (Å²) in [6.07, 6.45) is 0. The van der Waals surface area contributed by atoms with Crippen LogP contribution >= 0.6 is 34.5 Å². The molecule has 0 aliphatic heterocycles. The van der Waals surface area contributed by atoms with Crippen LogP contribution in [0.1, 0.15) is 10.4 Å². The maximum Gasteiger partial charge on any atom is 0.261 e. The first kappa shape index (κ1) is 19.0. The van der Waals surface area contributed by atoms with Crippen LogP contribution in [0, 0.1) is 5.82 Å². The van der Waals surface area contributed by atoms with Crippen molar-refractivity contribution in [2.75, 3.05) is 32.1 Å². The lowest BCUT2D eigenvalue weighted by Crippen LogP contribution is -2.36. The Kier molecular flexibility index (Phi) is 5.77. The number of aromatic nitrogens is 1. The Balaban J connectivity index is 2.04. The van der Waals surface area contributed by atoms with E-state index in [-0.39, 0.29) is 17.0 Å². The molecule has 0 N–H and O–H groups in total. The zero-order valence-corrected chi connectivity index (χ0v) is 16.5. The number of hydrogen-bond donors (Lipinski definition) is 0. The first-order chi connectivity index (χ1) is 12.4. The van der Waals surface area contributed by atoms with Crippen LogP contribution in [-0.4, -0.2) is 43.0 Å². The Morgan fingerprint density at radius 1 is 1.19 bits per heavy atom. The largest absolute Gasteiger partial charge is 0.308 e. The summed E-state index contributed by atoms with van der Waals surface area (Å²) in [4.78, 5) is 20.9. The van der Waals surface area contributed by atoms with Gasteiger partial charge in [-0.05, 0) is 44.4 Å². The van der Waals surface area contributed by atoms with Crippen molar-refractivity contribution in [3.05, 3.63) is 57.8 Å².